The van der Waals surface area contributed by atoms with Crippen molar-refractivity contribution in [2.45, 2.75) is 6.04 Å². The molecular weight excluding hydrogens is 394 g/mol. The first kappa shape index (κ1) is 15.4. The van der Waals surface area contributed by atoms with Crippen molar-refractivity contribution >= 4 is 49.1 Å². The highest BCUT2D eigenvalue weighted by Crippen LogP contribution is 2.32. The molecule has 2 heterocycles. The Hall–Kier alpha value is 0.0500. The number of carbonyl (C=O) groups excluding carboxylic acids is 1. The van der Waals surface area contributed by atoms with Gasteiger partial charge in [0.2, 0.25) is 0 Å². The van der Waals surface area contributed by atoms with Gasteiger partial charge in [-0.15, -0.1) is 11.3 Å². The first-order valence-electron chi connectivity index (χ1n) is 6.09. The van der Waals surface area contributed by atoms with Gasteiger partial charge in [-0.2, -0.15) is 0 Å². The topological polar surface area (TPSA) is 35.6 Å². The summed E-state index contributed by atoms with van der Waals surface area (Å²) in [6.07, 6.45) is 0. The van der Waals surface area contributed by atoms with Gasteiger partial charge in [-0.3, -0.25) is 9.69 Å². The standard InChI is InChI=1S/C12H17Br2N3OS/c1-16-3-4-17(2)8(7-16)6-15-12(18)10-5-9(13)11(14)19-10/h5,8H,3-4,6-7H2,1-2H3,(H,15,18). The van der Waals surface area contributed by atoms with E-state index >= 15 is 0 Å². The van der Waals surface area contributed by atoms with E-state index in [4.69, 9.17) is 0 Å². The molecule has 0 bridgehead atoms. The van der Waals surface area contributed by atoms with E-state index in [-0.39, 0.29) is 5.91 Å². The number of likely N-dealkylation sites (N-methyl/N-ethyl adjacent to an activating group) is 2. The predicted octanol–water partition coefficient (Wildman–Crippen LogP) is 2.25. The number of nitrogens with one attached hydrogen (secondary N) is 1. The van der Waals surface area contributed by atoms with Gasteiger partial charge in [0.05, 0.1) is 8.66 Å². The molecular formula is C12H17Br2N3OS. The van der Waals surface area contributed by atoms with Crippen molar-refractivity contribution in [3.8, 4) is 0 Å². The Morgan fingerprint density at radius 3 is 2.84 bits per heavy atom. The zero-order valence-corrected chi connectivity index (χ0v) is 14.9. The molecule has 1 N–H and O–H groups in total. The van der Waals surface area contributed by atoms with Crippen LogP contribution in [0.25, 0.3) is 0 Å². The summed E-state index contributed by atoms with van der Waals surface area (Å²) < 4.78 is 1.88. The number of piperazine rings is 1. The van der Waals surface area contributed by atoms with Crippen molar-refractivity contribution in [1.29, 1.82) is 0 Å². The summed E-state index contributed by atoms with van der Waals surface area (Å²) in [5.74, 6) is -0.00183. The Morgan fingerprint density at radius 1 is 1.47 bits per heavy atom. The minimum Gasteiger partial charge on any atom is -0.350 e. The van der Waals surface area contributed by atoms with Crippen LogP contribution in [-0.4, -0.2) is 62.0 Å². The summed E-state index contributed by atoms with van der Waals surface area (Å²) in [6, 6.07) is 2.23. The van der Waals surface area contributed by atoms with Crippen LogP contribution in [0.5, 0.6) is 0 Å². The average Bonchev–Trinajstić information content (AvgIpc) is 2.70. The largest absolute Gasteiger partial charge is 0.350 e. The maximum absolute atomic E-state index is 12.1. The Balaban J connectivity index is 1.89. The lowest BCUT2D eigenvalue weighted by Crippen LogP contribution is -2.54. The first-order chi connectivity index (χ1) is 8.97. The Morgan fingerprint density at radius 2 is 2.21 bits per heavy atom. The average molecular weight is 411 g/mol. The van der Waals surface area contributed by atoms with Gasteiger partial charge in [0.1, 0.15) is 0 Å². The molecule has 1 amide bonds. The number of amides is 1. The molecule has 4 nitrogen and oxygen atoms in total. The molecule has 1 aromatic heterocycles. The fraction of sp³-hybridized carbons (Fsp3) is 0.583. The van der Waals surface area contributed by atoms with E-state index < -0.39 is 0 Å². The van der Waals surface area contributed by atoms with Gasteiger partial charge < -0.3 is 10.2 Å². The van der Waals surface area contributed by atoms with Gasteiger partial charge in [0, 0.05) is 36.7 Å². The van der Waals surface area contributed by atoms with Crippen molar-refractivity contribution in [2.75, 3.05) is 40.3 Å². The summed E-state index contributed by atoms with van der Waals surface area (Å²) in [4.78, 5) is 17.4. The zero-order valence-electron chi connectivity index (χ0n) is 10.9. The minimum absolute atomic E-state index is 0.00183. The van der Waals surface area contributed by atoms with Crippen LogP contribution in [0, 0.1) is 0 Å². The number of hydrogen-bond donors (Lipinski definition) is 1. The summed E-state index contributed by atoms with van der Waals surface area (Å²) in [5.41, 5.74) is 0. The maximum Gasteiger partial charge on any atom is 0.261 e. The Bertz CT molecular complexity index is 446. The summed E-state index contributed by atoms with van der Waals surface area (Å²) in [7, 11) is 4.23. The predicted molar refractivity (Wildman–Crippen MR) is 86.0 cm³/mol. The molecule has 1 aromatic rings. The van der Waals surface area contributed by atoms with Gasteiger partial charge in [0.25, 0.3) is 5.91 Å². The van der Waals surface area contributed by atoms with Crippen LogP contribution in [0.3, 0.4) is 0 Å². The highest BCUT2D eigenvalue weighted by molar-refractivity contribution is 9.13. The molecule has 19 heavy (non-hydrogen) atoms. The smallest absolute Gasteiger partial charge is 0.261 e. The van der Waals surface area contributed by atoms with Crippen molar-refractivity contribution in [3.63, 3.8) is 0 Å². The second kappa shape index (κ2) is 6.67. The summed E-state index contributed by atoms with van der Waals surface area (Å²) >= 11 is 8.25. The van der Waals surface area contributed by atoms with Crippen LogP contribution in [-0.2, 0) is 0 Å². The molecule has 0 radical (unpaired) electrons. The van der Waals surface area contributed by atoms with Crippen LogP contribution in [0.15, 0.2) is 14.3 Å². The van der Waals surface area contributed by atoms with Gasteiger partial charge in [-0.25, -0.2) is 0 Å². The fourth-order valence-corrected chi connectivity index (χ4v) is 4.03. The lowest BCUT2D eigenvalue weighted by molar-refractivity contribution is 0.0884. The van der Waals surface area contributed by atoms with Crippen molar-refractivity contribution in [1.82, 2.24) is 15.1 Å². The van der Waals surface area contributed by atoms with Crippen LogP contribution < -0.4 is 5.32 Å². The molecule has 1 atom stereocenters. The number of hydrogen-bond acceptors (Lipinski definition) is 4. The lowest BCUT2D eigenvalue weighted by Gasteiger charge is -2.37. The van der Waals surface area contributed by atoms with Crippen molar-refractivity contribution in [2.24, 2.45) is 0 Å². The molecule has 0 spiro atoms. The van der Waals surface area contributed by atoms with E-state index in [1.54, 1.807) is 0 Å². The molecule has 0 aromatic carbocycles. The number of nitrogens with zero attached hydrogens (tertiary/aromatic N) is 2. The van der Waals surface area contributed by atoms with Crippen LogP contribution in [0.4, 0.5) is 0 Å². The molecule has 1 aliphatic rings. The van der Waals surface area contributed by atoms with E-state index in [1.165, 1.54) is 11.3 Å². The maximum atomic E-state index is 12.1. The lowest BCUT2D eigenvalue weighted by atomic mass is 10.2. The third kappa shape index (κ3) is 4.01. The quantitative estimate of drug-likeness (QED) is 0.829. The molecule has 1 saturated heterocycles. The van der Waals surface area contributed by atoms with Crippen LogP contribution in [0.1, 0.15) is 9.67 Å². The summed E-state index contributed by atoms with van der Waals surface area (Å²) in [5, 5.41) is 3.02. The molecule has 1 fully saturated rings. The number of rotatable bonds is 3. The highest BCUT2D eigenvalue weighted by atomic mass is 79.9. The molecule has 0 aliphatic carbocycles. The van der Waals surface area contributed by atoms with E-state index in [2.05, 4.69) is 61.1 Å². The third-order valence-electron chi connectivity index (χ3n) is 3.35. The zero-order chi connectivity index (χ0) is 14.0. The normalized spacial score (nSPS) is 21.6. The molecule has 1 unspecified atom stereocenters. The van der Waals surface area contributed by atoms with Crippen LogP contribution >= 0.6 is 43.2 Å². The van der Waals surface area contributed by atoms with Crippen molar-refractivity contribution < 1.29 is 4.79 Å². The monoisotopic (exact) mass is 409 g/mol. The van der Waals surface area contributed by atoms with Gasteiger partial charge in [0.15, 0.2) is 0 Å². The second-order valence-corrected chi connectivity index (χ2v) is 8.06. The molecule has 0 saturated carbocycles. The molecule has 106 valence electrons. The molecule has 7 heteroatoms. The third-order valence-corrected chi connectivity index (χ3v) is 6.60. The second-order valence-electron chi connectivity index (χ2n) is 4.84. The fourth-order valence-electron chi connectivity index (χ4n) is 2.08. The minimum atomic E-state index is -0.00183. The van der Waals surface area contributed by atoms with Gasteiger partial charge in [-0.05, 0) is 52.0 Å². The van der Waals surface area contributed by atoms with E-state index in [0.717, 1.165) is 32.8 Å². The SMILES string of the molecule is CN1CCN(C)C(CNC(=O)c2cc(Br)c(Br)s2)C1. The number of carbonyl (C=O) groups is 1. The molecule has 2 rings (SSSR count). The first-order valence-corrected chi connectivity index (χ1v) is 8.49. The van der Waals surface area contributed by atoms with Gasteiger partial charge >= 0.3 is 0 Å². The number of halogens is 2. The molecule has 1 aliphatic heterocycles. The van der Waals surface area contributed by atoms with Crippen molar-refractivity contribution in [3.05, 3.63) is 19.2 Å². The Kier molecular flexibility index (Phi) is 5.42. The highest BCUT2D eigenvalue weighted by Gasteiger charge is 2.23. The van der Waals surface area contributed by atoms with Gasteiger partial charge in [-0.1, -0.05) is 0 Å². The number of thiophene rings is 1. The Labute approximate surface area is 134 Å². The summed E-state index contributed by atoms with van der Waals surface area (Å²) in [6.45, 7) is 3.82. The van der Waals surface area contributed by atoms with E-state index in [1.807, 2.05) is 6.07 Å². The van der Waals surface area contributed by atoms with E-state index in [0.29, 0.717) is 12.6 Å². The van der Waals surface area contributed by atoms with E-state index in [9.17, 15) is 4.79 Å². The van der Waals surface area contributed by atoms with Crippen LogP contribution in [0.2, 0.25) is 0 Å².